The molecule has 2 aromatic rings. The Kier molecular flexibility index (Phi) is 10.5. The summed E-state index contributed by atoms with van der Waals surface area (Å²) in [5.41, 5.74) is -4.71. The third-order valence-corrected chi connectivity index (χ3v) is 7.97. The second kappa shape index (κ2) is 13.1. The van der Waals surface area contributed by atoms with Crippen LogP contribution in [0.2, 0.25) is 0 Å². The van der Waals surface area contributed by atoms with E-state index in [9.17, 15) is 49.1 Å². The number of hydrogen-bond acceptors (Lipinski definition) is 4. The standard InChI is InChI=1S/C31H35F9N2O3/c1-18-11-23-25(42(19(2)43)17-20-12-21(29(32,33)34)14-22(13-20)30(35,36)37)7-6-9-41(26(23)15-24(18)31(38,39)40)10-8-28(3,4)16-27(44)45-5/h11-15,25H,6-10,16-17H2,1-5H3/t25-/m0/s1. The van der Waals surface area contributed by atoms with Gasteiger partial charge in [0.15, 0.2) is 0 Å². The minimum atomic E-state index is -5.10. The lowest BCUT2D eigenvalue weighted by Crippen LogP contribution is -2.33. The topological polar surface area (TPSA) is 49.9 Å². The fourth-order valence-electron chi connectivity index (χ4n) is 5.61. The zero-order chi connectivity index (χ0) is 34.1. The number of carbonyl (C=O) groups excluding carboxylic acids is 2. The van der Waals surface area contributed by atoms with Gasteiger partial charge in [0.1, 0.15) is 0 Å². The van der Waals surface area contributed by atoms with Crippen LogP contribution in [-0.2, 0) is 39.4 Å². The Hall–Kier alpha value is -3.45. The number of benzene rings is 2. The predicted molar refractivity (Wildman–Crippen MR) is 148 cm³/mol. The lowest BCUT2D eigenvalue weighted by Gasteiger charge is -2.34. The molecule has 0 aliphatic carbocycles. The molecule has 0 saturated heterocycles. The molecule has 1 aliphatic rings. The molecule has 2 aromatic carbocycles. The van der Waals surface area contributed by atoms with Crippen molar-refractivity contribution in [2.45, 2.75) is 84.5 Å². The molecule has 1 amide bonds. The van der Waals surface area contributed by atoms with Crippen molar-refractivity contribution in [2.24, 2.45) is 5.41 Å². The van der Waals surface area contributed by atoms with Crippen molar-refractivity contribution in [3.8, 4) is 0 Å². The second-order valence-corrected chi connectivity index (χ2v) is 12.1. The van der Waals surface area contributed by atoms with Crippen LogP contribution in [0.5, 0.6) is 0 Å². The number of halogens is 9. The van der Waals surface area contributed by atoms with E-state index in [4.69, 9.17) is 4.74 Å². The van der Waals surface area contributed by atoms with E-state index < -0.39 is 70.7 Å². The van der Waals surface area contributed by atoms with Crippen LogP contribution in [0, 0.1) is 12.3 Å². The smallest absolute Gasteiger partial charge is 0.416 e. The third-order valence-electron chi connectivity index (χ3n) is 7.97. The molecule has 0 N–H and O–H groups in total. The first-order chi connectivity index (χ1) is 20.5. The summed E-state index contributed by atoms with van der Waals surface area (Å²) in [6, 6.07) is 2.37. The van der Waals surface area contributed by atoms with Crippen LogP contribution >= 0.6 is 0 Å². The van der Waals surface area contributed by atoms with Crippen LogP contribution in [0.1, 0.15) is 85.9 Å². The molecule has 1 atom stereocenters. The van der Waals surface area contributed by atoms with Crippen molar-refractivity contribution < 1.29 is 53.8 Å². The van der Waals surface area contributed by atoms with Crippen molar-refractivity contribution in [3.63, 3.8) is 0 Å². The molecule has 0 bridgehead atoms. The zero-order valence-electron chi connectivity index (χ0n) is 25.4. The van der Waals surface area contributed by atoms with E-state index >= 15 is 0 Å². The van der Waals surface area contributed by atoms with Gasteiger partial charge in [-0.15, -0.1) is 0 Å². The molecule has 0 saturated carbocycles. The lowest BCUT2D eigenvalue weighted by atomic mass is 9.85. The number of esters is 1. The van der Waals surface area contributed by atoms with Gasteiger partial charge >= 0.3 is 24.5 Å². The summed E-state index contributed by atoms with van der Waals surface area (Å²) in [5.74, 6) is -1.13. The maximum absolute atomic E-state index is 14.0. The SMILES string of the molecule is COC(=O)CC(C)(C)CCN1CCC[C@H](N(Cc2cc(C(F)(F)F)cc(C(F)(F)F)c2)C(C)=O)c2cc(C)c(C(F)(F)F)cc21. The molecule has 0 radical (unpaired) electrons. The summed E-state index contributed by atoms with van der Waals surface area (Å²) in [4.78, 5) is 27.7. The van der Waals surface area contributed by atoms with Gasteiger partial charge in [-0.3, -0.25) is 9.59 Å². The van der Waals surface area contributed by atoms with Crippen molar-refractivity contribution in [3.05, 3.63) is 63.7 Å². The van der Waals surface area contributed by atoms with Crippen LogP contribution < -0.4 is 4.90 Å². The number of methoxy groups -OCH3 is 1. The number of carbonyl (C=O) groups is 2. The number of fused-ring (bicyclic) bond motifs is 1. The Bertz CT molecular complexity index is 1370. The normalized spacial score (nSPS) is 16.2. The highest BCUT2D eigenvalue weighted by molar-refractivity contribution is 5.75. The van der Waals surface area contributed by atoms with Gasteiger partial charge in [0.05, 0.1) is 36.3 Å². The van der Waals surface area contributed by atoms with E-state index in [1.54, 1.807) is 4.90 Å². The van der Waals surface area contributed by atoms with Crippen molar-refractivity contribution in [2.75, 3.05) is 25.1 Å². The third kappa shape index (κ3) is 9.06. The molecule has 0 aromatic heterocycles. The minimum Gasteiger partial charge on any atom is -0.469 e. The monoisotopic (exact) mass is 654 g/mol. The average molecular weight is 655 g/mol. The zero-order valence-corrected chi connectivity index (χ0v) is 25.4. The highest BCUT2D eigenvalue weighted by atomic mass is 19.4. The maximum Gasteiger partial charge on any atom is 0.416 e. The number of alkyl halides is 9. The molecule has 1 aliphatic heterocycles. The largest absolute Gasteiger partial charge is 0.469 e. The number of rotatable bonds is 8. The molecular weight excluding hydrogens is 619 g/mol. The predicted octanol–water partition coefficient (Wildman–Crippen LogP) is 8.72. The molecule has 5 nitrogen and oxygen atoms in total. The van der Waals surface area contributed by atoms with Crippen molar-refractivity contribution in [1.29, 1.82) is 0 Å². The molecule has 250 valence electrons. The van der Waals surface area contributed by atoms with E-state index in [1.807, 2.05) is 13.8 Å². The average Bonchev–Trinajstić information content (AvgIpc) is 3.06. The van der Waals surface area contributed by atoms with Gasteiger partial charge in [0.2, 0.25) is 5.91 Å². The van der Waals surface area contributed by atoms with Crippen molar-refractivity contribution in [1.82, 2.24) is 4.90 Å². The summed E-state index contributed by atoms with van der Waals surface area (Å²) in [7, 11) is 1.24. The molecule has 3 rings (SSSR count). The summed E-state index contributed by atoms with van der Waals surface area (Å²) in [6.07, 6.45) is -13.9. The minimum absolute atomic E-state index is 0.00977. The van der Waals surface area contributed by atoms with Crippen LogP contribution in [0.3, 0.4) is 0 Å². The first-order valence-corrected chi connectivity index (χ1v) is 14.1. The first-order valence-electron chi connectivity index (χ1n) is 14.1. The fourth-order valence-corrected chi connectivity index (χ4v) is 5.61. The number of amides is 1. The van der Waals surface area contributed by atoms with Gasteiger partial charge in [-0.2, -0.15) is 39.5 Å². The lowest BCUT2D eigenvalue weighted by molar-refractivity contribution is -0.144. The van der Waals surface area contributed by atoms with Crippen LogP contribution in [-0.4, -0.2) is 37.0 Å². The highest BCUT2D eigenvalue weighted by Crippen LogP contribution is 2.44. The Morgan fingerprint density at radius 1 is 0.911 bits per heavy atom. The fraction of sp³-hybridized carbons (Fsp3) is 0.548. The van der Waals surface area contributed by atoms with Gasteiger partial charge in [-0.05, 0) is 72.6 Å². The molecular formula is C31H35F9N2O3. The first kappa shape index (κ1) is 36.0. The number of nitrogens with zero attached hydrogens (tertiary/aromatic N) is 2. The summed E-state index contributed by atoms with van der Waals surface area (Å²) in [6.45, 7) is 5.81. The molecule has 0 unspecified atom stereocenters. The van der Waals surface area contributed by atoms with E-state index in [-0.39, 0.29) is 43.2 Å². The van der Waals surface area contributed by atoms with E-state index in [1.165, 1.54) is 20.1 Å². The highest BCUT2D eigenvalue weighted by Gasteiger charge is 2.39. The number of hydrogen-bond donors (Lipinski definition) is 0. The van der Waals surface area contributed by atoms with Crippen molar-refractivity contribution >= 4 is 17.6 Å². The number of aryl methyl sites for hydroxylation is 1. The quantitative estimate of drug-likeness (QED) is 0.211. The maximum atomic E-state index is 14.0. The molecule has 1 heterocycles. The van der Waals surface area contributed by atoms with Crippen LogP contribution in [0.4, 0.5) is 45.2 Å². The van der Waals surface area contributed by atoms with Gasteiger partial charge in [0.25, 0.3) is 0 Å². The van der Waals surface area contributed by atoms with Crippen LogP contribution in [0.25, 0.3) is 0 Å². The van der Waals surface area contributed by atoms with Gasteiger partial charge in [-0.1, -0.05) is 19.9 Å². The Labute approximate surface area is 255 Å². The van der Waals surface area contributed by atoms with Gasteiger partial charge in [-0.25, -0.2) is 0 Å². The van der Waals surface area contributed by atoms with E-state index in [2.05, 4.69) is 0 Å². The summed E-state index contributed by atoms with van der Waals surface area (Å²) < 4.78 is 128. The Balaban J connectivity index is 2.12. The number of anilines is 1. The summed E-state index contributed by atoms with van der Waals surface area (Å²) >= 11 is 0. The Morgan fingerprint density at radius 2 is 1.49 bits per heavy atom. The van der Waals surface area contributed by atoms with E-state index in [0.29, 0.717) is 30.5 Å². The van der Waals surface area contributed by atoms with E-state index in [0.717, 1.165) is 17.9 Å². The molecule has 0 fully saturated rings. The van der Waals surface area contributed by atoms with Gasteiger partial charge < -0.3 is 14.5 Å². The molecule has 14 heteroatoms. The van der Waals surface area contributed by atoms with Gasteiger partial charge in [0, 0.05) is 32.2 Å². The molecule has 45 heavy (non-hydrogen) atoms. The number of ether oxygens (including phenoxy) is 1. The molecule has 0 spiro atoms. The van der Waals surface area contributed by atoms with Crippen LogP contribution in [0.15, 0.2) is 30.3 Å². The second-order valence-electron chi connectivity index (χ2n) is 12.1. The summed E-state index contributed by atoms with van der Waals surface area (Å²) in [5, 5.41) is 0. The Morgan fingerprint density at radius 3 is 1.98 bits per heavy atom.